The summed E-state index contributed by atoms with van der Waals surface area (Å²) in [4.78, 5) is 41.5. The number of esters is 3. The van der Waals surface area contributed by atoms with Crippen LogP contribution in [0.2, 0.25) is 0 Å². The Bertz CT molecular complexity index is 1540. The number of hydrogen-bond donors (Lipinski definition) is 2. The molecule has 0 aliphatic carbocycles. The molecule has 0 bridgehead atoms. The van der Waals surface area contributed by atoms with Gasteiger partial charge in [-0.2, -0.15) is 10.2 Å². The zero-order valence-corrected chi connectivity index (χ0v) is 25.9. The van der Waals surface area contributed by atoms with Gasteiger partial charge in [-0.05, 0) is 38.1 Å². The average Bonchev–Trinajstić information content (AvgIpc) is 3.56. The van der Waals surface area contributed by atoms with Crippen LogP contribution in [0.4, 0.5) is 5.82 Å². The summed E-state index contributed by atoms with van der Waals surface area (Å²) >= 11 is 0. The highest BCUT2D eigenvalue weighted by Gasteiger charge is 2.59. The van der Waals surface area contributed by atoms with Gasteiger partial charge in [0.1, 0.15) is 35.3 Å². The van der Waals surface area contributed by atoms with Crippen LogP contribution < -0.4 is 15.3 Å². The van der Waals surface area contributed by atoms with E-state index < -0.39 is 62.2 Å². The van der Waals surface area contributed by atoms with E-state index in [4.69, 9.17) is 33.7 Å². The van der Waals surface area contributed by atoms with E-state index in [-0.39, 0.29) is 24.4 Å². The van der Waals surface area contributed by atoms with Crippen LogP contribution in [0.1, 0.15) is 52.3 Å². The van der Waals surface area contributed by atoms with E-state index >= 15 is 0 Å². The van der Waals surface area contributed by atoms with Crippen LogP contribution in [-0.4, -0.2) is 70.1 Å². The molecule has 0 spiro atoms. The molecule has 1 aliphatic rings. The van der Waals surface area contributed by atoms with Gasteiger partial charge >= 0.3 is 25.7 Å². The molecule has 3 aromatic rings. The Balaban J connectivity index is 1.73. The van der Waals surface area contributed by atoms with E-state index in [9.17, 15) is 18.9 Å². The lowest BCUT2D eigenvalue weighted by molar-refractivity contribution is -0.171. The summed E-state index contributed by atoms with van der Waals surface area (Å²) in [6.45, 7) is 5.71. The van der Waals surface area contributed by atoms with Crippen molar-refractivity contribution in [1.29, 1.82) is 0 Å². The SMILES string of the molecule is CCC(=O)O[C@H]1[C@H](c2ccc3c(N)ncnn23)O[C@](C)(COP(=O)(N[C@@H](C)C(=O)OC)Oc2ccccc2)[C@H]1OC(=O)CC. The zero-order chi connectivity index (χ0) is 32.1. The fourth-order valence-corrected chi connectivity index (χ4v) is 6.21. The van der Waals surface area contributed by atoms with Gasteiger partial charge in [0.2, 0.25) is 0 Å². The molecular formula is C28H36N5O10P. The summed E-state index contributed by atoms with van der Waals surface area (Å²) in [6, 6.07) is 10.4. The minimum atomic E-state index is -4.33. The topological polar surface area (TPSA) is 192 Å². The molecule has 1 fully saturated rings. The van der Waals surface area contributed by atoms with Crippen LogP contribution in [0.5, 0.6) is 5.75 Å². The molecule has 3 N–H and O–H groups in total. The van der Waals surface area contributed by atoms with Crippen molar-refractivity contribution in [1.82, 2.24) is 19.7 Å². The Labute approximate surface area is 253 Å². The number of nitrogens with one attached hydrogen (secondary N) is 1. The summed E-state index contributed by atoms with van der Waals surface area (Å²) in [7, 11) is -3.14. The van der Waals surface area contributed by atoms with Gasteiger partial charge in [0.15, 0.2) is 18.0 Å². The number of para-hydroxylation sites is 1. The molecule has 44 heavy (non-hydrogen) atoms. The molecule has 4 rings (SSSR count). The van der Waals surface area contributed by atoms with Crippen LogP contribution in [-0.2, 0) is 42.4 Å². The molecule has 16 heteroatoms. The number of nitrogens with zero attached hydrogens (tertiary/aromatic N) is 3. The normalized spacial score (nSPS) is 23.4. The minimum absolute atomic E-state index is 0.0121. The average molecular weight is 634 g/mol. The highest BCUT2D eigenvalue weighted by Crippen LogP contribution is 2.50. The van der Waals surface area contributed by atoms with Crippen LogP contribution in [0.25, 0.3) is 5.52 Å². The second-order valence-electron chi connectivity index (χ2n) is 10.2. The first-order valence-corrected chi connectivity index (χ1v) is 15.5. The third kappa shape index (κ3) is 7.18. The van der Waals surface area contributed by atoms with Crippen molar-refractivity contribution in [3.05, 3.63) is 54.5 Å². The molecule has 1 saturated heterocycles. The first-order valence-electron chi connectivity index (χ1n) is 13.9. The number of aromatic nitrogens is 3. The van der Waals surface area contributed by atoms with Crippen LogP contribution in [0, 0.1) is 0 Å². The number of carbonyl (C=O) groups excluding carboxylic acids is 3. The molecule has 15 nitrogen and oxygen atoms in total. The van der Waals surface area contributed by atoms with Gasteiger partial charge in [0.05, 0.1) is 19.4 Å². The monoisotopic (exact) mass is 633 g/mol. The quantitative estimate of drug-likeness (QED) is 0.158. The Morgan fingerprint density at radius 1 is 1.11 bits per heavy atom. The minimum Gasteiger partial charge on any atom is -0.468 e. The van der Waals surface area contributed by atoms with E-state index in [2.05, 4.69) is 15.2 Å². The predicted molar refractivity (Wildman–Crippen MR) is 155 cm³/mol. The number of fused-ring (bicyclic) bond motifs is 1. The molecule has 3 heterocycles. The largest absolute Gasteiger partial charge is 0.468 e. The number of nitrogen functional groups attached to an aromatic ring is 1. The van der Waals surface area contributed by atoms with Crippen molar-refractivity contribution in [2.24, 2.45) is 0 Å². The second-order valence-corrected chi connectivity index (χ2v) is 11.9. The first-order chi connectivity index (χ1) is 20.9. The number of hydrogen-bond acceptors (Lipinski definition) is 13. The van der Waals surface area contributed by atoms with Crippen LogP contribution in [0.3, 0.4) is 0 Å². The van der Waals surface area contributed by atoms with Crippen molar-refractivity contribution < 1.29 is 46.9 Å². The van der Waals surface area contributed by atoms with Gasteiger partial charge in [-0.15, -0.1) is 0 Å². The van der Waals surface area contributed by atoms with Crippen LogP contribution >= 0.6 is 7.75 Å². The van der Waals surface area contributed by atoms with E-state index in [1.807, 2.05) is 0 Å². The Kier molecular flexibility index (Phi) is 10.3. The van der Waals surface area contributed by atoms with Gasteiger partial charge in [0.25, 0.3) is 0 Å². The van der Waals surface area contributed by atoms with Crippen molar-refractivity contribution in [2.45, 2.75) is 70.5 Å². The molecule has 238 valence electrons. The van der Waals surface area contributed by atoms with Crippen molar-refractivity contribution in [2.75, 3.05) is 19.5 Å². The lowest BCUT2D eigenvalue weighted by Gasteiger charge is -2.32. The second kappa shape index (κ2) is 13.7. The number of anilines is 1. The van der Waals surface area contributed by atoms with Crippen LogP contribution in [0.15, 0.2) is 48.8 Å². The number of methoxy groups -OCH3 is 1. The number of carbonyl (C=O) groups is 3. The molecule has 0 amide bonds. The molecule has 2 aromatic heterocycles. The highest BCUT2D eigenvalue weighted by molar-refractivity contribution is 7.52. The predicted octanol–water partition coefficient (Wildman–Crippen LogP) is 3.14. The van der Waals surface area contributed by atoms with Crippen molar-refractivity contribution >= 4 is 37.0 Å². The van der Waals surface area contributed by atoms with Crippen molar-refractivity contribution in [3.63, 3.8) is 0 Å². The van der Waals surface area contributed by atoms with Gasteiger partial charge < -0.3 is 29.2 Å². The van der Waals surface area contributed by atoms with Crippen molar-refractivity contribution in [3.8, 4) is 5.75 Å². The van der Waals surface area contributed by atoms with Gasteiger partial charge in [0, 0.05) is 12.8 Å². The summed E-state index contributed by atoms with van der Waals surface area (Å²) < 4.78 is 50.0. The summed E-state index contributed by atoms with van der Waals surface area (Å²) in [5.74, 6) is -1.49. The molecular weight excluding hydrogens is 597 g/mol. The molecule has 6 atom stereocenters. The van der Waals surface area contributed by atoms with E-state index in [1.54, 1.807) is 63.2 Å². The molecule has 1 unspecified atom stereocenters. The summed E-state index contributed by atoms with van der Waals surface area (Å²) in [6.07, 6.45) is -2.14. The Morgan fingerprint density at radius 3 is 2.45 bits per heavy atom. The molecule has 1 aromatic carbocycles. The maximum absolute atomic E-state index is 14.1. The first kappa shape index (κ1) is 32.9. The maximum Gasteiger partial charge on any atom is 0.459 e. The smallest absolute Gasteiger partial charge is 0.459 e. The third-order valence-electron chi connectivity index (χ3n) is 6.90. The fraction of sp³-hybridized carbons (Fsp3) is 0.464. The number of rotatable bonds is 13. The zero-order valence-electron chi connectivity index (χ0n) is 25.0. The summed E-state index contributed by atoms with van der Waals surface area (Å²) in [5, 5.41) is 6.84. The Morgan fingerprint density at radius 2 is 1.80 bits per heavy atom. The number of ether oxygens (including phenoxy) is 4. The molecule has 0 saturated carbocycles. The molecule has 1 aliphatic heterocycles. The lowest BCUT2D eigenvalue weighted by Crippen LogP contribution is -2.48. The van der Waals surface area contributed by atoms with Gasteiger partial charge in [-0.3, -0.25) is 18.9 Å². The van der Waals surface area contributed by atoms with Gasteiger partial charge in [-0.25, -0.2) is 14.1 Å². The number of benzene rings is 1. The highest BCUT2D eigenvalue weighted by atomic mass is 31.2. The summed E-state index contributed by atoms with van der Waals surface area (Å²) in [5.41, 5.74) is 5.35. The van der Waals surface area contributed by atoms with E-state index in [1.165, 1.54) is 24.9 Å². The van der Waals surface area contributed by atoms with E-state index in [0.29, 0.717) is 11.2 Å². The lowest BCUT2D eigenvalue weighted by atomic mass is 9.96. The Hall–Kier alpha value is -4.04. The third-order valence-corrected chi connectivity index (χ3v) is 8.52. The molecule has 0 radical (unpaired) electrons. The standard InChI is InChI=1S/C28H36N5O10P/c1-6-21(34)40-24-23(19-13-14-20-26(29)30-16-31-33(19)20)42-28(4,25(24)41-22(35)7-2)15-39-44(37,32-17(3)27(36)38-5)43-18-11-9-8-10-12-18/h8-14,16-17,23-25H,6-7,15H2,1-5H3,(H,32,37)(H2,29,30,31)/t17-,23-,24-,25-,28+,44?/m0/s1. The van der Waals surface area contributed by atoms with E-state index in [0.717, 1.165) is 0 Å². The maximum atomic E-state index is 14.1. The van der Waals surface area contributed by atoms with Gasteiger partial charge in [-0.1, -0.05) is 32.0 Å². The fourth-order valence-electron chi connectivity index (χ4n) is 4.63. The number of nitrogens with two attached hydrogens (primary N) is 1.